The molecule has 110 valence electrons. The Hall–Kier alpha value is -1.69. The first-order valence-corrected chi connectivity index (χ1v) is 7.06. The highest BCUT2D eigenvalue weighted by Gasteiger charge is 2.15. The van der Waals surface area contributed by atoms with Gasteiger partial charge >= 0.3 is 5.97 Å². The molecule has 0 spiro atoms. The van der Waals surface area contributed by atoms with Crippen LogP contribution in [-0.2, 0) is 4.79 Å². The molecule has 5 nitrogen and oxygen atoms in total. The van der Waals surface area contributed by atoms with Gasteiger partial charge in [0.05, 0.1) is 24.1 Å². The molecule has 0 unspecified atom stereocenters. The van der Waals surface area contributed by atoms with Crippen LogP contribution >= 0.6 is 11.8 Å². The Bertz CT molecular complexity index is 508. The molecule has 20 heavy (non-hydrogen) atoms. The lowest BCUT2D eigenvalue weighted by molar-refractivity contribution is -0.113. The van der Waals surface area contributed by atoms with Gasteiger partial charge < -0.3 is 15.2 Å². The average molecular weight is 297 g/mol. The number of anilines is 1. The van der Waals surface area contributed by atoms with E-state index in [1.165, 1.54) is 37.1 Å². The summed E-state index contributed by atoms with van der Waals surface area (Å²) in [7, 11) is 1.43. The smallest absolute Gasteiger partial charge is 0.335 e. The number of hydrogen-bond acceptors (Lipinski definition) is 4. The molecule has 0 radical (unpaired) electrons. The molecule has 0 fully saturated rings. The van der Waals surface area contributed by atoms with Crippen molar-refractivity contribution in [3.63, 3.8) is 0 Å². The van der Waals surface area contributed by atoms with Gasteiger partial charge in [-0.15, -0.1) is 11.8 Å². The van der Waals surface area contributed by atoms with Gasteiger partial charge in [0.1, 0.15) is 5.75 Å². The number of carbonyl (C=O) groups is 2. The van der Waals surface area contributed by atoms with Crippen molar-refractivity contribution in [2.45, 2.75) is 25.5 Å². The Labute approximate surface area is 122 Å². The first kappa shape index (κ1) is 16.4. The number of benzene rings is 1. The van der Waals surface area contributed by atoms with Gasteiger partial charge in [0.15, 0.2) is 0 Å². The van der Waals surface area contributed by atoms with Crippen LogP contribution in [0.3, 0.4) is 0 Å². The minimum absolute atomic E-state index is 0.00852. The van der Waals surface area contributed by atoms with Gasteiger partial charge in [-0.3, -0.25) is 4.79 Å². The Morgan fingerprint density at radius 3 is 2.50 bits per heavy atom. The van der Waals surface area contributed by atoms with E-state index >= 15 is 0 Å². The number of carboxylic acid groups (broad SMARTS) is 1. The summed E-state index contributed by atoms with van der Waals surface area (Å²) in [5, 5.41) is 11.6. The Balaban J connectivity index is 2.77. The monoisotopic (exact) mass is 297 g/mol. The summed E-state index contributed by atoms with van der Waals surface area (Å²) >= 11 is 1.54. The maximum Gasteiger partial charge on any atom is 0.335 e. The van der Waals surface area contributed by atoms with E-state index in [1.54, 1.807) is 0 Å². The van der Waals surface area contributed by atoms with Gasteiger partial charge in [0, 0.05) is 4.75 Å². The van der Waals surface area contributed by atoms with Crippen molar-refractivity contribution in [3.8, 4) is 5.75 Å². The van der Waals surface area contributed by atoms with E-state index in [4.69, 9.17) is 9.84 Å². The molecule has 0 bridgehead atoms. The molecule has 1 aromatic carbocycles. The van der Waals surface area contributed by atoms with E-state index in [2.05, 4.69) is 5.32 Å². The highest BCUT2D eigenvalue weighted by Crippen LogP contribution is 2.27. The molecule has 0 saturated carbocycles. The zero-order chi connectivity index (χ0) is 15.3. The number of nitrogens with one attached hydrogen (secondary N) is 1. The van der Waals surface area contributed by atoms with Gasteiger partial charge in [0.2, 0.25) is 5.91 Å². The minimum atomic E-state index is -1.04. The number of carboxylic acids is 1. The Kier molecular flexibility index (Phi) is 5.44. The van der Waals surface area contributed by atoms with E-state index in [1.807, 2.05) is 20.8 Å². The lowest BCUT2D eigenvalue weighted by atomic mass is 10.2. The van der Waals surface area contributed by atoms with Crippen LogP contribution in [0.4, 0.5) is 5.69 Å². The standard InChI is InChI=1S/C14H19NO4S/c1-14(2,3)20-8-12(16)15-10-6-5-9(13(17)18)7-11(10)19-4/h5-7H,8H2,1-4H3,(H,15,16)(H,17,18). The van der Waals surface area contributed by atoms with Crippen molar-refractivity contribution in [3.05, 3.63) is 23.8 Å². The summed E-state index contributed by atoms with van der Waals surface area (Å²) in [5.41, 5.74) is 0.584. The SMILES string of the molecule is COc1cc(C(=O)O)ccc1NC(=O)CSC(C)(C)C. The average Bonchev–Trinajstić information content (AvgIpc) is 2.35. The third-order valence-electron chi connectivity index (χ3n) is 2.36. The lowest BCUT2D eigenvalue weighted by Crippen LogP contribution is -2.19. The fraction of sp³-hybridized carbons (Fsp3) is 0.429. The van der Waals surface area contributed by atoms with Crippen LogP contribution in [0.15, 0.2) is 18.2 Å². The third-order valence-corrected chi connectivity index (χ3v) is 3.63. The van der Waals surface area contributed by atoms with Crippen molar-refractivity contribution in [2.24, 2.45) is 0 Å². The molecule has 6 heteroatoms. The number of thioether (sulfide) groups is 1. The molecule has 0 aliphatic carbocycles. The molecule has 0 heterocycles. The van der Waals surface area contributed by atoms with E-state index in [0.717, 1.165) is 0 Å². The number of ether oxygens (including phenoxy) is 1. The third kappa shape index (κ3) is 5.13. The maximum absolute atomic E-state index is 11.8. The molecule has 1 rings (SSSR count). The van der Waals surface area contributed by atoms with Gasteiger partial charge in [-0.1, -0.05) is 20.8 Å². The van der Waals surface area contributed by atoms with Crippen LogP contribution in [-0.4, -0.2) is 34.6 Å². The number of carbonyl (C=O) groups excluding carboxylic acids is 1. The van der Waals surface area contributed by atoms with Crippen LogP contribution < -0.4 is 10.1 Å². The first-order valence-electron chi connectivity index (χ1n) is 6.08. The summed E-state index contributed by atoms with van der Waals surface area (Å²) in [6.45, 7) is 6.10. The van der Waals surface area contributed by atoms with Gasteiger partial charge in [-0.25, -0.2) is 4.79 Å². The molecule has 0 atom stereocenters. The number of rotatable bonds is 5. The van der Waals surface area contributed by atoms with Crippen LogP contribution in [0.1, 0.15) is 31.1 Å². The van der Waals surface area contributed by atoms with Crippen molar-refractivity contribution in [2.75, 3.05) is 18.2 Å². The number of aromatic carboxylic acids is 1. The van der Waals surface area contributed by atoms with Crippen molar-refractivity contribution >= 4 is 29.3 Å². The van der Waals surface area contributed by atoms with Crippen LogP contribution in [0, 0.1) is 0 Å². The maximum atomic E-state index is 11.8. The van der Waals surface area contributed by atoms with E-state index in [-0.39, 0.29) is 16.2 Å². The second-order valence-corrected chi connectivity index (χ2v) is 6.97. The van der Waals surface area contributed by atoms with E-state index in [9.17, 15) is 9.59 Å². The van der Waals surface area contributed by atoms with Crippen LogP contribution in [0.25, 0.3) is 0 Å². The quantitative estimate of drug-likeness (QED) is 0.874. The van der Waals surface area contributed by atoms with E-state index < -0.39 is 5.97 Å². The fourth-order valence-corrected chi connectivity index (χ4v) is 2.03. The Morgan fingerprint density at radius 1 is 1.35 bits per heavy atom. The van der Waals surface area contributed by atoms with Crippen LogP contribution in [0.5, 0.6) is 5.75 Å². The topological polar surface area (TPSA) is 75.6 Å². The molecule has 0 aliphatic rings. The van der Waals surface area contributed by atoms with Crippen molar-refractivity contribution in [1.82, 2.24) is 0 Å². The molecule has 1 aromatic rings. The van der Waals surface area contributed by atoms with Gasteiger partial charge in [0.25, 0.3) is 0 Å². The molecule has 2 N–H and O–H groups in total. The highest BCUT2D eigenvalue weighted by atomic mass is 32.2. The van der Waals surface area contributed by atoms with Gasteiger partial charge in [-0.05, 0) is 18.2 Å². The second kappa shape index (κ2) is 6.65. The molecular weight excluding hydrogens is 278 g/mol. The largest absolute Gasteiger partial charge is 0.495 e. The van der Waals surface area contributed by atoms with Gasteiger partial charge in [-0.2, -0.15) is 0 Å². The minimum Gasteiger partial charge on any atom is -0.495 e. The number of hydrogen-bond donors (Lipinski definition) is 2. The molecule has 1 amide bonds. The summed E-state index contributed by atoms with van der Waals surface area (Å²) in [5.74, 6) is -0.525. The predicted octanol–water partition coefficient (Wildman–Crippen LogP) is 2.86. The fourth-order valence-electron chi connectivity index (χ4n) is 1.40. The summed E-state index contributed by atoms with van der Waals surface area (Å²) in [6.07, 6.45) is 0. The van der Waals surface area contributed by atoms with Crippen LogP contribution in [0.2, 0.25) is 0 Å². The molecule has 0 saturated heterocycles. The normalized spacial score (nSPS) is 11.0. The zero-order valence-corrected chi connectivity index (χ0v) is 12.8. The number of amides is 1. The molecule has 0 aliphatic heterocycles. The second-order valence-electron chi connectivity index (χ2n) is 5.17. The predicted molar refractivity (Wildman–Crippen MR) is 80.8 cm³/mol. The summed E-state index contributed by atoms with van der Waals surface area (Å²) in [6, 6.07) is 4.34. The number of methoxy groups -OCH3 is 1. The van der Waals surface area contributed by atoms with Crippen molar-refractivity contribution < 1.29 is 19.4 Å². The zero-order valence-electron chi connectivity index (χ0n) is 12.0. The molecule has 0 aromatic heterocycles. The summed E-state index contributed by atoms with van der Waals surface area (Å²) < 4.78 is 5.11. The highest BCUT2D eigenvalue weighted by molar-refractivity contribution is 8.01. The summed E-state index contributed by atoms with van der Waals surface area (Å²) in [4.78, 5) is 22.7. The van der Waals surface area contributed by atoms with Crippen molar-refractivity contribution in [1.29, 1.82) is 0 Å². The lowest BCUT2D eigenvalue weighted by Gasteiger charge is -2.17. The van der Waals surface area contributed by atoms with E-state index in [0.29, 0.717) is 17.2 Å². The molecular formula is C14H19NO4S. The Morgan fingerprint density at radius 2 is 2.00 bits per heavy atom. The first-order chi connectivity index (χ1) is 9.23.